The van der Waals surface area contributed by atoms with E-state index in [1.807, 2.05) is 0 Å². The van der Waals surface area contributed by atoms with Gasteiger partial charge in [0.05, 0.1) is 23.3 Å². The van der Waals surface area contributed by atoms with Crippen LogP contribution in [-0.4, -0.2) is 47.5 Å². The number of aromatic nitrogens is 1. The molecule has 4 rings (SSSR count). The summed E-state index contributed by atoms with van der Waals surface area (Å²) in [6.45, 7) is 2.53. The number of halogens is 3. The predicted octanol–water partition coefficient (Wildman–Crippen LogP) is 3.23. The van der Waals surface area contributed by atoms with Crippen molar-refractivity contribution < 1.29 is 18.7 Å². The van der Waals surface area contributed by atoms with Gasteiger partial charge in [0.15, 0.2) is 0 Å². The SMILES string of the molecule is Cc1cc(Cl)cnc1N1CC(=O)N(Cc2ccc(Cl)c(F)c2)[C@H](C2COC2)C1=O. The lowest BCUT2D eigenvalue weighted by molar-refractivity contribution is -0.155. The minimum Gasteiger partial charge on any atom is -0.380 e. The summed E-state index contributed by atoms with van der Waals surface area (Å²) in [6, 6.07) is 5.37. The number of pyridine rings is 1. The molecule has 2 aromatic rings. The lowest BCUT2D eigenvalue weighted by Crippen LogP contribution is -2.65. The number of nitrogens with zero attached hydrogens (tertiary/aromatic N) is 3. The molecule has 9 heteroatoms. The molecule has 2 amide bonds. The Balaban J connectivity index is 1.66. The number of benzene rings is 1. The molecule has 0 spiro atoms. The maximum atomic E-state index is 13.9. The Hall–Kier alpha value is -2.22. The van der Waals surface area contributed by atoms with E-state index in [0.717, 1.165) is 0 Å². The highest BCUT2D eigenvalue weighted by Crippen LogP contribution is 2.31. The first-order chi connectivity index (χ1) is 13.8. The average Bonchev–Trinajstić information content (AvgIpc) is 2.62. The molecule has 29 heavy (non-hydrogen) atoms. The molecule has 1 atom stereocenters. The zero-order valence-corrected chi connectivity index (χ0v) is 17.1. The molecule has 3 heterocycles. The summed E-state index contributed by atoms with van der Waals surface area (Å²) in [4.78, 5) is 33.6. The quantitative estimate of drug-likeness (QED) is 0.736. The monoisotopic (exact) mass is 437 g/mol. The van der Waals surface area contributed by atoms with E-state index < -0.39 is 11.9 Å². The number of carbonyl (C=O) groups is 2. The van der Waals surface area contributed by atoms with E-state index in [2.05, 4.69) is 4.98 Å². The molecule has 2 aliphatic heterocycles. The molecule has 0 radical (unpaired) electrons. The Kier molecular flexibility index (Phi) is 5.46. The van der Waals surface area contributed by atoms with Crippen LogP contribution in [0.25, 0.3) is 0 Å². The number of rotatable bonds is 4. The smallest absolute Gasteiger partial charge is 0.251 e. The fourth-order valence-corrected chi connectivity index (χ4v) is 3.99. The highest BCUT2D eigenvalue weighted by Gasteiger charge is 2.47. The van der Waals surface area contributed by atoms with Gasteiger partial charge in [-0.3, -0.25) is 14.5 Å². The van der Waals surface area contributed by atoms with Crippen LogP contribution in [0.2, 0.25) is 10.0 Å². The van der Waals surface area contributed by atoms with Crippen LogP contribution < -0.4 is 4.90 Å². The third-order valence-corrected chi connectivity index (χ3v) is 5.70. The average molecular weight is 438 g/mol. The van der Waals surface area contributed by atoms with Gasteiger partial charge in [0, 0.05) is 18.7 Å². The first-order valence-corrected chi connectivity index (χ1v) is 9.85. The van der Waals surface area contributed by atoms with Crippen LogP contribution in [0.15, 0.2) is 30.5 Å². The van der Waals surface area contributed by atoms with E-state index >= 15 is 0 Å². The molecule has 2 saturated heterocycles. The lowest BCUT2D eigenvalue weighted by atomic mass is 9.92. The summed E-state index contributed by atoms with van der Waals surface area (Å²) in [5, 5.41) is 0.464. The summed E-state index contributed by atoms with van der Waals surface area (Å²) >= 11 is 11.7. The summed E-state index contributed by atoms with van der Waals surface area (Å²) in [5.74, 6) is -0.751. The van der Waals surface area contributed by atoms with Gasteiger partial charge in [-0.15, -0.1) is 0 Å². The molecule has 152 valence electrons. The van der Waals surface area contributed by atoms with Crippen molar-refractivity contribution in [2.45, 2.75) is 19.5 Å². The minimum absolute atomic E-state index is 0.00852. The van der Waals surface area contributed by atoms with Crippen molar-refractivity contribution in [2.24, 2.45) is 5.92 Å². The number of hydrogen-bond acceptors (Lipinski definition) is 4. The largest absolute Gasteiger partial charge is 0.380 e. The number of amides is 2. The van der Waals surface area contributed by atoms with Crippen LogP contribution in [0.1, 0.15) is 11.1 Å². The Labute approximate surface area is 177 Å². The third kappa shape index (κ3) is 3.82. The molecule has 2 aliphatic rings. The Morgan fingerprint density at radius 1 is 1.24 bits per heavy atom. The van der Waals surface area contributed by atoms with Gasteiger partial charge in [0.2, 0.25) is 5.91 Å². The zero-order chi connectivity index (χ0) is 20.7. The van der Waals surface area contributed by atoms with Gasteiger partial charge >= 0.3 is 0 Å². The third-order valence-electron chi connectivity index (χ3n) is 5.19. The number of hydrogen-bond donors (Lipinski definition) is 0. The normalized spacial score (nSPS) is 20.2. The summed E-state index contributed by atoms with van der Waals surface area (Å²) in [7, 11) is 0. The number of anilines is 1. The number of ether oxygens (including phenoxy) is 1. The van der Waals surface area contributed by atoms with E-state index in [1.165, 1.54) is 28.1 Å². The standard InChI is InChI=1S/C20H18Cl2FN3O3/c1-11-4-14(21)6-24-19(11)26-8-17(27)25(18(20(26)28)13-9-29-10-13)7-12-2-3-15(22)16(23)5-12/h2-6,13,18H,7-10H2,1H3/t18-/m1/s1. The van der Waals surface area contributed by atoms with Crippen LogP contribution >= 0.6 is 23.2 Å². The second-order valence-electron chi connectivity index (χ2n) is 7.23. The highest BCUT2D eigenvalue weighted by atomic mass is 35.5. The fraction of sp³-hybridized carbons (Fsp3) is 0.350. The molecular formula is C20H18Cl2FN3O3. The number of carbonyl (C=O) groups excluding carboxylic acids is 2. The predicted molar refractivity (Wildman–Crippen MR) is 106 cm³/mol. The van der Waals surface area contributed by atoms with Gasteiger partial charge in [0.25, 0.3) is 5.91 Å². The summed E-state index contributed by atoms with van der Waals surface area (Å²) in [5.41, 5.74) is 1.27. The van der Waals surface area contributed by atoms with E-state index in [-0.39, 0.29) is 35.8 Å². The molecule has 0 aliphatic carbocycles. The van der Waals surface area contributed by atoms with Crippen LogP contribution in [-0.2, 0) is 20.9 Å². The van der Waals surface area contributed by atoms with Gasteiger partial charge in [-0.1, -0.05) is 29.3 Å². The van der Waals surface area contributed by atoms with Crippen molar-refractivity contribution in [3.8, 4) is 0 Å². The molecule has 0 saturated carbocycles. The molecule has 0 unspecified atom stereocenters. The first-order valence-electron chi connectivity index (χ1n) is 9.10. The molecule has 0 bridgehead atoms. The van der Waals surface area contributed by atoms with Gasteiger partial charge in [-0.2, -0.15) is 0 Å². The van der Waals surface area contributed by atoms with Gasteiger partial charge in [0.1, 0.15) is 24.2 Å². The Bertz CT molecular complexity index is 983. The molecule has 0 N–H and O–H groups in total. The van der Waals surface area contributed by atoms with E-state index in [0.29, 0.717) is 35.2 Å². The molecular weight excluding hydrogens is 420 g/mol. The fourth-order valence-electron chi connectivity index (χ4n) is 3.66. The van der Waals surface area contributed by atoms with Gasteiger partial charge in [-0.25, -0.2) is 9.37 Å². The molecule has 1 aromatic heterocycles. The van der Waals surface area contributed by atoms with E-state index in [1.54, 1.807) is 19.1 Å². The van der Waals surface area contributed by atoms with Crippen molar-refractivity contribution >= 4 is 40.8 Å². The van der Waals surface area contributed by atoms with Crippen molar-refractivity contribution in [2.75, 3.05) is 24.7 Å². The van der Waals surface area contributed by atoms with Gasteiger partial charge < -0.3 is 9.64 Å². The second-order valence-corrected chi connectivity index (χ2v) is 8.07. The minimum atomic E-state index is -0.708. The van der Waals surface area contributed by atoms with Crippen LogP contribution in [0.5, 0.6) is 0 Å². The van der Waals surface area contributed by atoms with Crippen molar-refractivity contribution in [3.63, 3.8) is 0 Å². The van der Waals surface area contributed by atoms with Crippen molar-refractivity contribution in [1.82, 2.24) is 9.88 Å². The summed E-state index contributed by atoms with van der Waals surface area (Å²) in [6.07, 6.45) is 1.45. The van der Waals surface area contributed by atoms with Crippen LogP contribution in [0.3, 0.4) is 0 Å². The van der Waals surface area contributed by atoms with E-state index in [4.69, 9.17) is 27.9 Å². The van der Waals surface area contributed by atoms with Crippen molar-refractivity contribution in [1.29, 1.82) is 0 Å². The zero-order valence-electron chi connectivity index (χ0n) is 15.6. The number of aryl methyl sites for hydroxylation is 1. The topological polar surface area (TPSA) is 62.7 Å². The van der Waals surface area contributed by atoms with Crippen molar-refractivity contribution in [3.05, 3.63) is 57.5 Å². The summed E-state index contributed by atoms with van der Waals surface area (Å²) < 4.78 is 19.1. The molecule has 2 fully saturated rings. The lowest BCUT2D eigenvalue weighted by Gasteiger charge is -2.45. The Morgan fingerprint density at radius 2 is 2.00 bits per heavy atom. The maximum absolute atomic E-state index is 13.9. The molecule has 1 aromatic carbocycles. The Morgan fingerprint density at radius 3 is 2.62 bits per heavy atom. The molecule has 6 nitrogen and oxygen atoms in total. The van der Waals surface area contributed by atoms with Crippen LogP contribution in [0, 0.1) is 18.7 Å². The maximum Gasteiger partial charge on any atom is 0.251 e. The second kappa shape index (κ2) is 7.89. The first kappa shape index (κ1) is 20.1. The van der Waals surface area contributed by atoms with Crippen LogP contribution in [0.4, 0.5) is 10.2 Å². The number of piperazine rings is 1. The highest BCUT2D eigenvalue weighted by molar-refractivity contribution is 6.31. The van der Waals surface area contributed by atoms with E-state index in [9.17, 15) is 14.0 Å². The van der Waals surface area contributed by atoms with Gasteiger partial charge in [-0.05, 0) is 36.2 Å².